The van der Waals surface area contributed by atoms with E-state index in [1.54, 1.807) is 6.20 Å². The molecule has 0 fully saturated rings. The number of aromatic nitrogens is 2. The van der Waals surface area contributed by atoms with Gasteiger partial charge in [-0.25, -0.2) is 0 Å². The summed E-state index contributed by atoms with van der Waals surface area (Å²) in [5, 5.41) is 13.6. The summed E-state index contributed by atoms with van der Waals surface area (Å²) in [6.07, 6.45) is 1.62. The Kier molecular flexibility index (Phi) is 0.917. The van der Waals surface area contributed by atoms with E-state index in [-0.39, 0.29) is 0 Å². The molecule has 0 spiro atoms. The van der Waals surface area contributed by atoms with Crippen LogP contribution in [0.3, 0.4) is 0 Å². The number of fused-ring (bicyclic) bond motifs is 1. The van der Waals surface area contributed by atoms with Crippen molar-refractivity contribution in [2.24, 2.45) is 0 Å². The van der Waals surface area contributed by atoms with Gasteiger partial charge in [0.1, 0.15) is 5.52 Å². The fourth-order valence-electron chi connectivity index (χ4n) is 0.958. The lowest BCUT2D eigenvalue weighted by Crippen LogP contribution is -1.89. The summed E-state index contributed by atoms with van der Waals surface area (Å²) in [4.78, 5) is 0.870. The molecule has 0 amide bonds. The molecule has 0 radical (unpaired) electrons. The summed E-state index contributed by atoms with van der Waals surface area (Å²) in [5.41, 5.74) is 0.738. The zero-order valence-corrected chi connectivity index (χ0v) is 5.23. The van der Waals surface area contributed by atoms with Crippen LogP contribution in [-0.4, -0.2) is 15.2 Å². The molecule has 0 aliphatic rings. The van der Waals surface area contributed by atoms with Gasteiger partial charge in [0.05, 0.1) is 6.20 Å². The standard InChI is InChI=1S/C7H6N2O/c10-9-7-4-2-1-3-6(7)5-8-9/h1-5,10H. The molecular formula is C7H6N2O. The van der Waals surface area contributed by atoms with E-state index in [1.807, 2.05) is 24.3 Å². The summed E-state index contributed by atoms with van der Waals surface area (Å²) >= 11 is 0. The molecule has 0 bridgehead atoms. The second-order valence-electron chi connectivity index (χ2n) is 2.09. The molecule has 0 aliphatic carbocycles. The lowest BCUT2D eigenvalue weighted by Gasteiger charge is -1.88. The summed E-state index contributed by atoms with van der Waals surface area (Å²) in [7, 11) is 0. The number of nitrogens with zero attached hydrogens (tertiary/aromatic N) is 2. The summed E-state index contributed by atoms with van der Waals surface area (Å²) in [6.45, 7) is 0. The van der Waals surface area contributed by atoms with Gasteiger partial charge in [0.25, 0.3) is 0 Å². The van der Waals surface area contributed by atoms with E-state index in [1.165, 1.54) is 0 Å². The van der Waals surface area contributed by atoms with Gasteiger partial charge in [-0.1, -0.05) is 18.2 Å². The Morgan fingerprint density at radius 2 is 2.10 bits per heavy atom. The Balaban J connectivity index is 2.93. The molecule has 50 valence electrons. The van der Waals surface area contributed by atoms with Crippen molar-refractivity contribution in [2.45, 2.75) is 0 Å². The van der Waals surface area contributed by atoms with Crippen molar-refractivity contribution in [3.8, 4) is 0 Å². The van der Waals surface area contributed by atoms with Crippen LogP contribution in [0, 0.1) is 0 Å². The first-order chi connectivity index (χ1) is 4.88. The minimum Gasteiger partial charge on any atom is -0.411 e. The van der Waals surface area contributed by atoms with Crippen LogP contribution in [-0.2, 0) is 0 Å². The van der Waals surface area contributed by atoms with Crippen LogP contribution in [0.25, 0.3) is 10.9 Å². The van der Waals surface area contributed by atoms with Crippen LogP contribution in [0.5, 0.6) is 0 Å². The fourth-order valence-corrected chi connectivity index (χ4v) is 0.958. The Hall–Kier alpha value is -1.51. The number of para-hydroxylation sites is 1. The van der Waals surface area contributed by atoms with Gasteiger partial charge in [-0.05, 0) is 6.07 Å². The van der Waals surface area contributed by atoms with E-state index in [2.05, 4.69) is 5.10 Å². The third-order valence-electron chi connectivity index (χ3n) is 1.46. The largest absolute Gasteiger partial charge is 0.411 e. The summed E-state index contributed by atoms with van der Waals surface area (Å²) in [5.74, 6) is 0. The van der Waals surface area contributed by atoms with Crippen LogP contribution < -0.4 is 0 Å². The Bertz CT molecular complexity index is 353. The average Bonchev–Trinajstić information content (AvgIpc) is 2.34. The Labute approximate surface area is 57.5 Å². The number of rotatable bonds is 0. The molecule has 1 aromatic carbocycles. The van der Waals surface area contributed by atoms with Gasteiger partial charge in [-0.15, -0.1) is 9.94 Å². The van der Waals surface area contributed by atoms with Crippen LogP contribution in [0.2, 0.25) is 0 Å². The molecular weight excluding hydrogens is 128 g/mol. The molecule has 2 aromatic rings. The van der Waals surface area contributed by atoms with Crippen LogP contribution in [0.15, 0.2) is 30.5 Å². The molecule has 1 N–H and O–H groups in total. The first kappa shape index (κ1) is 5.29. The van der Waals surface area contributed by atoms with Gasteiger partial charge in [0, 0.05) is 5.39 Å². The van der Waals surface area contributed by atoms with Gasteiger partial charge in [-0.3, -0.25) is 0 Å². The second kappa shape index (κ2) is 1.73. The highest BCUT2D eigenvalue weighted by Crippen LogP contribution is 2.09. The molecule has 1 aromatic heterocycles. The highest BCUT2D eigenvalue weighted by molar-refractivity contribution is 5.77. The molecule has 0 saturated heterocycles. The third-order valence-corrected chi connectivity index (χ3v) is 1.46. The quantitative estimate of drug-likeness (QED) is 0.551. The van der Waals surface area contributed by atoms with Crippen LogP contribution in [0.4, 0.5) is 0 Å². The summed E-state index contributed by atoms with van der Waals surface area (Å²) in [6, 6.07) is 7.47. The number of hydrogen-bond donors (Lipinski definition) is 1. The molecule has 3 heteroatoms. The zero-order chi connectivity index (χ0) is 6.97. The minimum atomic E-state index is 0.738. The molecule has 0 saturated carbocycles. The minimum absolute atomic E-state index is 0.738. The molecule has 2 rings (SSSR count). The van der Waals surface area contributed by atoms with E-state index in [4.69, 9.17) is 5.21 Å². The monoisotopic (exact) mass is 134 g/mol. The van der Waals surface area contributed by atoms with Gasteiger partial charge >= 0.3 is 0 Å². The number of benzene rings is 1. The SMILES string of the molecule is On1ncc2ccccc21. The van der Waals surface area contributed by atoms with E-state index < -0.39 is 0 Å². The highest BCUT2D eigenvalue weighted by Gasteiger charge is 1.96. The third kappa shape index (κ3) is 0.572. The molecule has 0 atom stereocenters. The smallest absolute Gasteiger partial charge is 0.110 e. The van der Waals surface area contributed by atoms with Gasteiger partial charge < -0.3 is 5.21 Å². The first-order valence-electron chi connectivity index (χ1n) is 3.00. The molecule has 3 nitrogen and oxygen atoms in total. The molecule has 0 aliphatic heterocycles. The zero-order valence-electron chi connectivity index (χ0n) is 5.23. The first-order valence-corrected chi connectivity index (χ1v) is 3.00. The second-order valence-corrected chi connectivity index (χ2v) is 2.09. The maximum atomic E-state index is 9.02. The molecule has 1 heterocycles. The van der Waals surface area contributed by atoms with Gasteiger partial charge in [-0.2, -0.15) is 0 Å². The lowest BCUT2D eigenvalue weighted by molar-refractivity contribution is 0.161. The lowest BCUT2D eigenvalue weighted by atomic mass is 10.3. The van der Waals surface area contributed by atoms with Crippen molar-refractivity contribution < 1.29 is 5.21 Å². The van der Waals surface area contributed by atoms with Crippen molar-refractivity contribution in [1.82, 2.24) is 9.94 Å². The predicted octanol–water partition coefficient (Wildman–Crippen LogP) is 1.27. The van der Waals surface area contributed by atoms with Crippen molar-refractivity contribution in [2.75, 3.05) is 0 Å². The molecule has 0 unspecified atom stereocenters. The van der Waals surface area contributed by atoms with E-state index in [9.17, 15) is 0 Å². The fraction of sp³-hybridized carbons (Fsp3) is 0. The normalized spacial score (nSPS) is 10.4. The maximum absolute atomic E-state index is 9.02. The van der Waals surface area contributed by atoms with Crippen molar-refractivity contribution in [3.05, 3.63) is 30.5 Å². The van der Waals surface area contributed by atoms with Crippen LogP contribution >= 0.6 is 0 Å². The molecule has 10 heavy (non-hydrogen) atoms. The maximum Gasteiger partial charge on any atom is 0.110 e. The predicted molar refractivity (Wildman–Crippen MR) is 36.9 cm³/mol. The van der Waals surface area contributed by atoms with Crippen molar-refractivity contribution >= 4 is 10.9 Å². The topological polar surface area (TPSA) is 38.0 Å². The van der Waals surface area contributed by atoms with E-state index >= 15 is 0 Å². The highest BCUT2D eigenvalue weighted by atomic mass is 16.5. The van der Waals surface area contributed by atoms with Gasteiger partial charge in [0.2, 0.25) is 0 Å². The summed E-state index contributed by atoms with van der Waals surface area (Å²) < 4.78 is 0. The van der Waals surface area contributed by atoms with Gasteiger partial charge in [0.15, 0.2) is 0 Å². The van der Waals surface area contributed by atoms with Crippen molar-refractivity contribution in [3.63, 3.8) is 0 Å². The Morgan fingerprint density at radius 1 is 1.30 bits per heavy atom. The average molecular weight is 134 g/mol. The van der Waals surface area contributed by atoms with Crippen molar-refractivity contribution in [1.29, 1.82) is 0 Å². The van der Waals surface area contributed by atoms with Crippen LogP contribution in [0.1, 0.15) is 0 Å². The van der Waals surface area contributed by atoms with E-state index in [0.717, 1.165) is 15.7 Å². The van der Waals surface area contributed by atoms with E-state index in [0.29, 0.717) is 0 Å². The Morgan fingerprint density at radius 3 is 2.90 bits per heavy atom. The number of hydrogen-bond acceptors (Lipinski definition) is 2.